The molecule has 0 saturated carbocycles. The first-order valence-corrected chi connectivity index (χ1v) is 6.45. The van der Waals surface area contributed by atoms with Crippen LogP contribution in [0.3, 0.4) is 0 Å². The third-order valence-corrected chi connectivity index (χ3v) is 3.89. The summed E-state index contributed by atoms with van der Waals surface area (Å²) in [6.07, 6.45) is -0.824. The molecular weight excluding hydrogens is 256 g/mol. The maximum absolute atomic E-state index is 11.9. The Morgan fingerprint density at radius 2 is 1.85 bits per heavy atom. The number of hydrogen-bond acceptors (Lipinski definition) is 4. The number of cyclic esters (lactones) is 1. The molecule has 4 heteroatoms. The van der Waals surface area contributed by atoms with E-state index in [1.807, 2.05) is 24.3 Å². The molecule has 0 amide bonds. The lowest BCUT2D eigenvalue weighted by atomic mass is 9.92. The zero-order chi connectivity index (χ0) is 13.7. The highest BCUT2D eigenvalue weighted by Gasteiger charge is 2.52. The van der Waals surface area contributed by atoms with Crippen molar-refractivity contribution in [3.63, 3.8) is 0 Å². The van der Waals surface area contributed by atoms with E-state index in [0.29, 0.717) is 23.3 Å². The highest BCUT2D eigenvalue weighted by atomic mass is 16.7. The average molecular weight is 268 g/mol. The fourth-order valence-corrected chi connectivity index (χ4v) is 2.91. The van der Waals surface area contributed by atoms with Crippen LogP contribution in [0.25, 0.3) is 0 Å². The number of rotatable bonds is 1. The number of ether oxygens (including phenoxy) is 2. The number of benzene rings is 2. The van der Waals surface area contributed by atoms with Crippen LogP contribution >= 0.6 is 0 Å². The van der Waals surface area contributed by atoms with Gasteiger partial charge in [-0.05, 0) is 11.6 Å². The Morgan fingerprint density at radius 1 is 1.10 bits per heavy atom. The molecule has 20 heavy (non-hydrogen) atoms. The maximum atomic E-state index is 11.9. The topological polar surface area (TPSA) is 55.8 Å². The smallest absolute Gasteiger partial charge is 0.339 e. The summed E-state index contributed by atoms with van der Waals surface area (Å²) in [7, 11) is 0. The molecule has 0 radical (unpaired) electrons. The lowest BCUT2D eigenvalue weighted by Crippen LogP contribution is -2.33. The number of carbonyl (C=O) groups excluding carboxylic acids is 1. The van der Waals surface area contributed by atoms with Crippen molar-refractivity contribution in [2.24, 2.45) is 0 Å². The molecule has 0 fully saturated rings. The van der Waals surface area contributed by atoms with Gasteiger partial charge in [-0.1, -0.05) is 42.5 Å². The van der Waals surface area contributed by atoms with Crippen molar-refractivity contribution < 1.29 is 19.4 Å². The summed E-state index contributed by atoms with van der Waals surface area (Å²) in [5.41, 5.74) is 2.72. The largest absolute Gasteiger partial charge is 0.448 e. The van der Waals surface area contributed by atoms with E-state index in [1.165, 1.54) is 0 Å². The molecule has 0 aromatic heterocycles. The molecule has 2 aliphatic heterocycles. The maximum Gasteiger partial charge on any atom is 0.339 e. The van der Waals surface area contributed by atoms with Crippen molar-refractivity contribution in [3.05, 3.63) is 70.8 Å². The molecule has 2 aromatic rings. The van der Waals surface area contributed by atoms with E-state index in [4.69, 9.17) is 9.47 Å². The Morgan fingerprint density at radius 3 is 2.75 bits per heavy atom. The molecule has 0 saturated heterocycles. The van der Waals surface area contributed by atoms with Crippen LogP contribution in [0, 0.1) is 0 Å². The van der Waals surface area contributed by atoms with Crippen LogP contribution in [0.2, 0.25) is 0 Å². The predicted octanol–water partition coefficient (Wildman–Crippen LogP) is 2.27. The van der Waals surface area contributed by atoms with Gasteiger partial charge in [-0.15, -0.1) is 0 Å². The minimum Gasteiger partial charge on any atom is -0.448 e. The summed E-state index contributed by atoms with van der Waals surface area (Å²) in [6.45, 7) is 0.308. The van der Waals surface area contributed by atoms with Gasteiger partial charge in [0, 0.05) is 11.1 Å². The normalized spacial score (nSPS) is 27.1. The van der Waals surface area contributed by atoms with Gasteiger partial charge >= 0.3 is 5.97 Å². The van der Waals surface area contributed by atoms with Gasteiger partial charge in [-0.25, -0.2) is 4.79 Å². The summed E-state index contributed by atoms with van der Waals surface area (Å²) in [6, 6.07) is 14.5. The Bertz CT molecular complexity index is 709. The first-order valence-electron chi connectivity index (χ1n) is 6.45. The van der Waals surface area contributed by atoms with Crippen LogP contribution in [-0.4, -0.2) is 11.1 Å². The minimum absolute atomic E-state index is 0.308. The molecule has 2 heterocycles. The van der Waals surface area contributed by atoms with Crippen LogP contribution in [0.4, 0.5) is 0 Å². The molecule has 4 rings (SSSR count). The summed E-state index contributed by atoms with van der Waals surface area (Å²) in [5, 5.41) is 10.9. The molecule has 0 aliphatic carbocycles. The fraction of sp³-hybridized carbons (Fsp3) is 0.188. The fourth-order valence-electron chi connectivity index (χ4n) is 2.91. The number of carbonyl (C=O) groups is 1. The standard InChI is InChI=1S/C16H12O4/c17-15-12-7-3-2-6-11(12)14(20-15)16(18)13-8-4-1-5-10(13)9-19-16/h1-8,14,18H,9H2/t14-,16+/m0/s1. The van der Waals surface area contributed by atoms with E-state index in [9.17, 15) is 9.90 Å². The summed E-state index contributed by atoms with van der Waals surface area (Å²) < 4.78 is 10.9. The van der Waals surface area contributed by atoms with Crippen molar-refractivity contribution in [2.75, 3.05) is 0 Å². The lowest BCUT2D eigenvalue weighted by Gasteiger charge is -2.28. The monoisotopic (exact) mass is 268 g/mol. The molecular formula is C16H12O4. The van der Waals surface area contributed by atoms with E-state index >= 15 is 0 Å². The molecule has 2 aromatic carbocycles. The van der Waals surface area contributed by atoms with E-state index in [2.05, 4.69) is 0 Å². The minimum atomic E-state index is -1.61. The molecule has 0 spiro atoms. The van der Waals surface area contributed by atoms with Crippen molar-refractivity contribution >= 4 is 5.97 Å². The third kappa shape index (κ3) is 1.40. The molecule has 1 N–H and O–H groups in total. The predicted molar refractivity (Wildman–Crippen MR) is 69.7 cm³/mol. The van der Waals surface area contributed by atoms with Gasteiger partial charge in [-0.3, -0.25) is 0 Å². The van der Waals surface area contributed by atoms with E-state index < -0.39 is 17.9 Å². The van der Waals surface area contributed by atoms with Gasteiger partial charge in [-0.2, -0.15) is 0 Å². The van der Waals surface area contributed by atoms with Crippen LogP contribution in [0.5, 0.6) is 0 Å². The molecule has 0 bridgehead atoms. The van der Waals surface area contributed by atoms with Crippen molar-refractivity contribution in [3.8, 4) is 0 Å². The second kappa shape index (κ2) is 3.91. The Labute approximate surface area is 115 Å². The van der Waals surface area contributed by atoms with Crippen LogP contribution in [-0.2, 0) is 21.9 Å². The van der Waals surface area contributed by atoms with Crippen LogP contribution < -0.4 is 0 Å². The first-order chi connectivity index (χ1) is 9.70. The van der Waals surface area contributed by atoms with Crippen molar-refractivity contribution in [2.45, 2.75) is 18.5 Å². The zero-order valence-electron chi connectivity index (χ0n) is 10.6. The third-order valence-electron chi connectivity index (χ3n) is 3.89. The van der Waals surface area contributed by atoms with E-state index in [-0.39, 0.29) is 0 Å². The van der Waals surface area contributed by atoms with Gasteiger partial charge in [0.1, 0.15) is 0 Å². The molecule has 4 nitrogen and oxygen atoms in total. The van der Waals surface area contributed by atoms with Crippen LogP contribution in [0.1, 0.15) is 33.2 Å². The van der Waals surface area contributed by atoms with Gasteiger partial charge in [0.25, 0.3) is 0 Å². The van der Waals surface area contributed by atoms with Gasteiger partial charge in [0.05, 0.1) is 12.2 Å². The number of hydrogen-bond donors (Lipinski definition) is 1. The number of esters is 1. The second-order valence-corrected chi connectivity index (χ2v) is 5.01. The number of fused-ring (bicyclic) bond motifs is 2. The SMILES string of the molecule is O=C1O[C@H]([C@]2(O)OCc3ccccc32)c2ccccc21. The van der Waals surface area contributed by atoms with E-state index in [0.717, 1.165) is 5.56 Å². The first kappa shape index (κ1) is 11.6. The highest BCUT2D eigenvalue weighted by Crippen LogP contribution is 2.48. The molecule has 100 valence electrons. The highest BCUT2D eigenvalue weighted by molar-refractivity contribution is 5.94. The zero-order valence-corrected chi connectivity index (χ0v) is 10.6. The van der Waals surface area contributed by atoms with Gasteiger partial charge in [0.15, 0.2) is 6.10 Å². The number of aliphatic hydroxyl groups is 1. The quantitative estimate of drug-likeness (QED) is 0.806. The van der Waals surface area contributed by atoms with Crippen molar-refractivity contribution in [1.82, 2.24) is 0 Å². The Balaban J connectivity index is 1.86. The summed E-state index contributed by atoms with van der Waals surface area (Å²) in [4.78, 5) is 11.9. The molecule has 2 atom stereocenters. The average Bonchev–Trinajstić information content (AvgIpc) is 3.00. The summed E-state index contributed by atoms with van der Waals surface area (Å²) in [5.74, 6) is -2.04. The second-order valence-electron chi connectivity index (χ2n) is 5.01. The van der Waals surface area contributed by atoms with Crippen molar-refractivity contribution in [1.29, 1.82) is 0 Å². The van der Waals surface area contributed by atoms with Gasteiger partial charge in [0.2, 0.25) is 5.79 Å². The Hall–Kier alpha value is -2.17. The molecule has 0 unspecified atom stereocenters. The van der Waals surface area contributed by atoms with E-state index in [1.54, 1.807) is 24.3 Å². The Kier molecular flexibility index (Phi) is 2.28. The summed E-state index contributed by atoms with van der Waals surface area (Å²) >= 11 is 0. The lowest BCUT2D eigenvalue weighted by molar-refractivity contribution is -0.258. The van der Waals surface area contributed by atoms with Gasteiger partial charge < -0.3 is 14.6 Å². The van der Waals surface area contributed by atoms with Crippen LogP contribution in [0.15, 0.2) is 48.5 Å². The molecule has 2 aliphatic rings.